The first kappa shape index (κ1) is 12.2. The summed E-state index contributed by atoms with van der Waals surface area (Å²) in [6.45, 7) is 0.598. The molecule has 5 heteroatoms. The number of rotatable bonds is 2. The summed E-state index contributed by atoms with van der Waals surface area (Å²) in [6, 6.07) is 5.79. The minimum Gasteiger partial charge on any atom is -0.399 e. The van der Waals surface area contributed by atoms with E-state index in [1.54, 1.807) is 16.8 Å². The van der Waals surface area contributed by atoms with Crippen LogP contribution in [0.5, 0.6) is 0 Å². The summed E-state index contributed by atoms with van der Waals surface area (Å²) in [5.41, 5.74) is 10.5. The van der Waals surface area contributed by atoms with Crippen LogP contribution in [0.25, 0.3) is 0 Å². The molecule has 1 aromatic carbocycles. The molecule has 1 amide bonds. The van der Waals surface area contributed by atoms with Gasteiger partial charge in [-0.3, -0.25) is 9.78 Å². The van der Waals surface area contributed by atoms with E-state index in [9.17, 15) is 4.79 Å². The van der Waals surface area contributed by atoms with Crippen molar-refractivity contribution in [2.75, 3.05) is 10.6 Å². The number of carbonyl (C=O) groups excluding carboxylic acids is 1. The third-order valence-electron chi connectivity index (χ3n) is 3.33. The van der Waals surface area contributed by atoms with E-state index in [-0.39, 0.29) is 5.91 Å². The van der Waals surface area contributed by atoms with Gasteiger partial charge in [-0.15, -0.1) is 11.3 Å². The highest BCUT2D eigenvalue weighted by Crippen LogP contribution is 2.30. The standard InChI is InChI=1S/C14H15N3OS/c15-11-4-5-13-10(6-11)2-1-3-14(18)17(13)8-12-7-16-9-19-12/h4-7,9H,1-3,8,15H2. The molecule has 0 bridgehead atoms. The molecule has 0 saturated heterocycles. The predicted octanol–water partition coefficient (Wildman–Crippen LogP) is 2.59. The van der Waals surface area contributed by atoms with Crippen molar-refractivity contribution >= 4 is 28.6 Å². The van der Waals surface area contributed by atoms with Crippen LogP contribution in [0, 0.1) is 0 Å². The lowest BCUT2D eigenvalue weighted by Crippen LogP contribution is -2.29. The lowest BCUT2D eigenvalue weighted by atomic mass is 10.1. The summed E-state index contributed by atoms with van der Waals surface area (Å²) >= 11 is 1.57. The first-order valence-electron chi connectivity index (χ1n) is 6.30. The Kier molecular flexibility index (Phi) is 3.21. The fraction of sp³-hybridized carbons (Fsp3) is 0.286. The second-order valence-electron chi connectivity index (χ2n) is 4.69. The van der Waals surface area contributed by atoms with Crippen LogP contribution >= 0.6 is 11.3 Å². The first-order chi connectivity index (χ1) is 9.24. The topological polar surface area (TPSA) is 59.2 Å². The molecule has 0 fully saturated rings. The van der Waals surface area contributed by atoms with Gasteiger partial charge in [0.25, 0.3) is 0 Å². The zero-order valence-electron chi connectivity index (χ0n) is 10.5. The molecule has 0 aliphatic carbocycles. The quantitative estimate of drug-likeness (QED) is 0.856. The largest absolute Gasteiger partial charge is 0.399 e. The number of nitrogens with two attached hydrogens (primary N) is 1. The Balaban J connectivity index is 1.99. The molecule has 1 aromatic heterocycles. The molecule has 0 atom stereocenters. The van der Waals surface area contributed by atoms with E-state index in [2.05, 4.69) is 4.98 Å². The van der Waals surface area contributed by atoms with Crippen molar-refractivity contribution in [3.05, 3.63) is 40.3 Å². The molecule has 3 rings (SSSR count). The fourth-order valence-corrected chi connectivity index (χ4v) is 3.00. The van der Waals surface area contributed by atoms with Crippen molar-refractivity contribution in [1.82, 2.24) is 4.98 Å². The maximum absolute atomic E-state index is 12.3. The molecule has 1 aliphatic heterocycles. The second-order valence-corrected chi connectivity index (χ2v) is 5.66. The van der Waals surface area contributed by atoms with Crippen molar-refractivity contribution in [2.45, 2.75) is 25.8 Å². The van der Waals surface area contributed by atoms with Crippen molar-refractivity contribution in [2.24, 2.45) is 0 Å². The van der Waals surface area contributed by atoms with E-state index >= 15 is 0 Å². The Labute approximate surface area is 115 Å². The fourth-order valence-electron chi connectivity index (χ4n) is 2.42. The number of hydrogen-bond acceptors (Lipinski definition) is 4. The molecule has 0 radical (unpaired) electrons. The van der Waals surface area contributed by atoms with Crippen molar-refractivity contribution in [3.63, 3.8) is 0 Å². The first-order valence-corrected chi connectivity index (χ1v) is 7.18. The SMILES string of the molecule is Nc1ccc2c(c1)CCCC(=O)N2Cc1cncs1. The van der Waals surface area contributed by atoms with Gasteiger partial charge in [0, 0.05) is 28.9 Å². The minimum absolute atomic E-state index is 0.178. The van der Waals surface area contributed by atoms with E-state index in [4.69, 9.17) is 5.73 Å². The predicted molar refractivity (Wildman–Crippen MR) is 77.1 cm³/mol. The number of aromatic nitrogens is 1. The summed E-state index contributed by atoms with van der Waals surface area (Å²) < 4.78 is 0. The number of anilines is 2. The van der Waals surface area contributed by atoms with Crippen LogP contribution in [0.4, 0.5) is 11.4 Å². The second kappa shape index (κ2) is 5.01. The summed E-state index contributed by atoms with van der Waals surface area (Å²) in [5.74, 6) is 0.178. The van der Waals surface area contributed by atoms with Crippen LogP contribution in [0.3, 0.4) is 0 Å². The molecule has 1 aliphatic rings. The number of thiazole rings is 1. The number of nitrogens with zero attached hydrogens (tertiary/aromatic N) is 2. The van der Waals surface area contributed by atoms with Crippen LogP contribution in [-0.4, -0.2) is 10.9 Å². The molecule has 19 heavy (non-hydrogen) atoms. The lowest BCUT2D eigenvalue weighted by Gasteiger charge is -2.22. The van der Waals surface area contributed by atoms with E-state index < -0.39 is 0 Å². The molecule has 0 saturated carbocycles. The van der Waals surface area contributed by atoms with Crippen LogP contribution in [0.15, 0.2) is 29.9 Å². The normalized spacial score (nSPS) is 15.2. The van der Waals surface area contributed by atoms with Gasteiger partial charge in [-0.25, -0.2) is 0 Å². The molecular formula is C14H15N3OS. The van der Waals surface area contributed by atoms with Gasteiger partial charge < -0.3 is 10.6 Å². The maximum Gasteiger partial charge on any atom is 0.227 e. The highest BCUT2D eigenvalue weighted by molar-refractivity contribution is 7.09. The van der Waals surface area contributed by atoms with Gasteiger partial charge in [0.1, 0.15) is 0 Å². The highest BCUT2D eigenvalue weighted by atomic mass is 32.1. The number of aryl methyl sites for hydroxylation is 1. The van der Waals surface area contributed by atoms with Crippen LogP contribution in [-0.2, 0) is 17.8 Å². The van der Waals surface area contributed by atoms with Crippen molar-refractivity contribution in [1.29, 1.82) is 0 Å². The van der Waals surface area contributed by atoms with Crippen LogP contribution in [0.1, 0.15) is 23.3 Å². The molecule has 2 N–H and O–H groups in total. The summed E-state index contributed by atoms with van der Waals surface area (Å²) in [4.78, 5) is 19.3. The molecular weight excluding hydrogens is 258 g/mol. The zero-order chi connectivity index (χ0) is 13.2. The van der Waals surface area contributed by atoms with Gasteiger partial charge in [-0.2, -0.15) is 0 Å². The number of benzene rings is 1. The van der Waals surface area contributed by atoms with Gasteiger partial charge in [-0.05, 0) is 36.6 Å². The monoisotopic (exact) mass is 273 g/mol. The van der Waals surface area contributed by atoms with Gasteiger partial charge in [0.15, 0.2) is 0 Å². The van der Waals surface area contributed by atoms with Crippen LogP contribution in [0.2, 0.25) is 0 Å². The Bertz CT molecular complexity index is 595. The number of hydrogen-bond donors (Lipinski definition) is 1. The number of carbonyl (C=O) groups is 1. The number of nitrogen functional groups attached to an aromatic ring is 1. The molecule has 0 spiro atoms. The molecule has 0 unspecified atom stereocenters. The molecule has 4 nitrogen and oxygen atoms in total. The highest BCUT2D eigenvalue weighted by Gasteiger charge is 2.22. The van der Waals surface area contributed by atoms with Crippen molar-refractivity contribution < 1.29 is 4.79 Å². The van der Waals surface area contributed by atoms with Crippen molar-refractivity contribution in [3.8, 4) is 0 Å². The molecule has 98 valence electrons. The summed E-state index contributed by atoms with van der Waals surface area (Å²) in [6.07, 6.45) is 4.20. The average Bonchev–Trinajstić information content (AvgIpc) is 2.84. The van der Waals surface area contributed by atoms with E-state index in [0.717, 1.165) is 34.7 Å². The lowest BCUT2D eigenvalue weighted by molar-refractivity contribution is -0.118. The molecule has 2 heterocycles. The van der Waals surface area contributed by atoms with Gasteiger partial charge in [0.2, 0.25) is 5.91 Å². The Morgan fingerprint density at radius 1 is 1.37 bits per heavy atom. The van der Waals surface area contributed by atoms with Gasteiger partial charge >= 0.3 is 0 Å². The van der Waals surface area contributed by atoms with E-state index in [1.165, 1.54) is 0 Å². The summed E-state index contributed by atoms with van der Waals surface area (Å²) in [5, 5.41) is 0. The van der Waals surface area contributed by atoms with Crippen LogP contribution < -0.4 is 10.6 Å². The molecule has 2 aromatic rings. The Hall–Kier alpha value is -1.88. The van der Waals surface area contributed by atoms with E-state index in [1.807, 2.05) is 29.3 Å². The smallest absolute Gasteiger partial charge is 0.227 e. The number of fused-ring (bicyclic) bond motifs is 1. The zero-order valence-corrected chi connectivity index (χ0v) is 11.3. The Morgan fingerprint density at radius 3 is 3.05 bits per heavy atom. The van der Waals surface area contributed by atoms with Gasteiger partial charge in [0.05, 0.1) is 12.1 Å². The Morgan fingerprint density at radius 2 is 2.26 bits per heavy atom. The maximum atomic E-state index is 12.3. The summed E-state index contributed by atoms with van der Waals surface area (Å²) in [7, 11) is 0. The van der Waals surface area contributed by atoms with Gasteiger partial charge in [-0.1, -0.05) is 0 Å². The third kappa shape index (κ3) is 2.46. The van der Waals surface area contributed by atoms with E-state index in [0.29, 0.717) is 13.0 Å². The average molecular weight is 273 g/mol. The third-order valence-corrected chi connectivity index (χ3v) is 4.09. The minimum atomic E-state index is 0.178. The number of amides is 1.